The van der Waals surface area contributed by atoms with Crippen molar-refractivity contribution in [1.82, 2.24) is 9.97 Å². The minimum atomic E-state index is 0.618. The fraction of sp³-hybridized carbons (Fsp3) is 0.100. The number of hydrogen-bond acceptors (Lipinski definition) is 6. The second-order valence-corrected chi connectivity index (χ2v) is 7.74. The van der Waals surface area contributed by atoms with E-state index in [1.165, 1.54) is 0 Å². The molecule has 2 heterocycles. The van der Waals surface area contributed by atoms with E-state index in [0.717, 1.165) is 31.6 Å². The van der Waals surface area contributed by atoms with E-state index in [1.807, 2.05) is 36.4 Å². The number of methoxy groups -OCH3 is 2. The van der Waals surface area contributed by atoms with Crippen molar-refractivity contribution in [3.05, 3.63) is 60.7 Å². The van der Waals surface area contributed by atoms with E-state index in [4.69, 9.17) is 9.47 Å². The van der Waals surface area contributed by atoms with E-state index in [9.17, 15) is 0 Å². The Kier molecular flexibility index (Phi) is 4.86. The van der Waals surface area contributed by atoms with Crippen molar-refractivity contribution in [3.8, 4) is 11.8 Å². The first kappa shape index (κ1) is 17.0. The summed E-state index contributed by atoms with van der Waals surface area (Å²) in [7, 11) is 6.60. The maximum Gasteiger partial charge on any atom is 0.213 e. The van der Waals surface area contributed by atoms with Crippen LogP contribution in [0.2, 0.25) is 0 Å². The number of para-hydroxylation sites is 2. The van der Waals surface area contributed by atoms with Gasteiger partial charge in [0.1, 0.15) is 0 Å². The van der Waals surface area contributed by atoms with Gasteiger partial charge >= 0.3 is 0 Å². The van der Waals surface area contributed by atoms with Crippen LogP contribution < -0.4 is 9.47 Å². The lowest BCUT2D eigenvalue weighted by Crippen LogP contribution is -1.89. The molecule has 0 saturated heterocycles. The Morgan fingerprint density at radius 3 is 1.50 bits per heavy atom. The topological polar surface area (TPSA) is 44.2 Å². The van der Waals surface area contributed by atoms with Crippen LogP contribution in [-0.4, -0.2) is 24.2 Å². The van der Waals surface area contributed by atoms with Gasteiger partial charge in [-0.1, -0.05) is 45.9 Å². The summed E-state index contributed by atoms with van der Waals surface area (Å²) in [5.41, 5.74) is 1.88. The number of nitrogens with zero attached hydrogens (tertiary/aromatic N) is 2. The van der Waals surface area contributed by atoms with Crippen LogP contribution >= 0.6 is 21.6 Å². The van der Waals surface area contributed by atoms with Crippen molar-refractivity contribution in [2.24, 2.45) is 0 Å². The highest BCUT2D eigenvalue weighted by atomic mass is 33.1. The molecule has 26 heavy (non-hydrogen) atoms. The van der Waals surface area contributed by atoms with Gasteiger partial charge in [0, 0.05) is 32.7 Å². The molecular weight excluding hydrogens is 364 g/mol. The third-order valence-electron chi connectivity index (χ3n) is 3.95. The lowest BCUT2D eigenvalue weighted by molar-refractivity contribution is 0.399. The zero-order valence-corrected chi connectivity index (χ0v) is 15.9. The minimum Gasteiger partial charge on any atom is -0.481 e. The zero-order chi connectivity index (χ0) is 17.9. The van der Waals surface area contributed by atoms with Crippen molar-refractivity contribution in [2.75, 3.05) is 14.2 Å². The molecule has 0 aliphatic rings. The van der Waals surface area contributed by atoms with Crippen molar-refractivity contribution in [1.29, 1.82) is 0 Å². The number of aromatic nitrogens is 2. The number of hydrogen-bond donors (Lipinski definition) is 0. The molecule has 0 saturated carbocycles. The van der Waals surface area contributed by atoms with Crippen LogP contribution in [-0.2, 0) is 0 Å². The van der Waals surface area contributed by atoms with Gasteiger partial charge in [-0.2, -0.15) is 0 Å². The Bertz CT molecular complexity index is 998. The number of pyridine rings is 2. The monoisotopic (exact) mass is 380 g/mol. The molecule has 0 atom stereocenters. The highest BCUT2D eigenvalue weighted by molar-refractivity contribution is 8.76. The average molecular weight is 380 g/mol. The van der Waals surface area contributed by atoms with Gasteiger partial charge in [0.15, 0.2) is 0 Å². The van der Waals surface area contributed by atoms with Gasteiger partial charge in [-0.25, -0.2) is 9.97 Å². The minimum absolute atomic E-state index is 0.618. The van der Waals surface area contributed by atoms with Crippen LogP contribution in [0.15, 0.2) is 70.5 Å². The maximum absolute atomic E-state index is 5.27. The molecule has 0 bridgehead atoms. The first-order valence-corrected chi connectivity index (χ1v) is 10.2. The number of rotatable bonds is 5. The fourth-order valence-electron chi connectivity index (χ4n) is 2.66. The van der Waals surface area contributed by atoms with Gasteiger partial charge in [0.25, 0.3) is 0 Å². The van der Waals surface area contributed by atoms with E-state index in [0.29, 0.717) is 11.8 Å². The molecule has 130 valence electrons. The summed E-state index contributed by atoms with van der Waals surface area (Å²) in [6.07, 6.45) is 0. The van der Waals surface area contributed by atoms with E-state index >= 15 is 0 Å². The lowest BCUT2D eigenvalue weighted by atomic mass is 10.2. The molecule has 4 nitrogen and oxygen atoms in total. The first-order chi connectivity index (χ1) is 12.8. The van der Waals surface area contributed by atoms with Crippen LogP contribution in [0.5, 0.6) is 11.8 Å². The molecule has 0 aliphatic heterocycles. The van der Waals surface area contributed by atoms with Crippen molar-refractivity contribution >= 4 is 43.4 Å². The van der Waals surface area contributed by atoms with Gasteiger partial charge in [-0.3, -0.25) is 0 Å². The molecule has 2 aromatic heterocycles. The SMILES string of the molecule is COc1ccc2cccc(SSc3cccc4ccc(OC)nc34)c2n1. The molecule has 0 spiro atoms. The molecular formula is C20H16N2O2S2. The average Bonchev–Trinajstić information content (AvgIpc) is 2.71. The van der Waals surface area contributed by atoms with Gasteiger partial charge in [0.05, 0.1) is 25.3 Å². The standard InChI is InChI=1S/C20H16N2O2S2/c1-23-17-11-9-13-5-3-7-15(19(13)21-17)25-26-16-8-4-6-14-10-12-18(24-2)22-20(14)16/h3-12H,1-2H3. The molecule has 4 rings (SSSR count). The summed E-state index contributed by atoms with van der Waals surface area (Å²) in [6.45, 7) is 0. The maximum atomic E-state index is 5.27. The Labute approximate surface area is 159 Å². The van der Waals surface area contributed by atoms with Crippen molar-refractivity contribution in [3.63, 3.8) is 0 Å². The summed E-state index contributed by atoms with van der Waals surface area (Å²) in [6, 6.07) is 20.2. The summed E-state index contributed by atoms with van der Waals surface area (Å²) in [5.74, 6) is 1.24. The highest BCUT2D eigenvalue weighted by Crippen LogP contribution is 2.42. The fourth-order valence-corrected chi connectivity index (χ4v) is 4.93. The smallest absolute Gasteiger partial charge is 0.213 e. The van der Waals surface area contributed by atoms with Crippen molar-refractivity contribution < 1.29 is 9.47 Å². The van der Waals surface area contributed by atoms with E-state index in [-0.39, 0.29) is 0 Å². The lowest BCUT2D eigenvalue weighted by Gasteiger charge is -2.09. The summed E-state index contributed by atoms with van der Waals surface area (Å²) in [5, 5.41) is 2.18. The highest BCUT2D eigenvalue weighted by Gasteiger charge is 2.09. The first-order valence-electron chi connectivity index (χ1n) is 8.00. The van der Waals surface area contributed by atoms with Crippen LogP contribution in [0, 0.1) is 0 Å². The molecule has 0 fully saturated rings. The molecule has 0 N–H and O–H groups in total. The Morgan fingerprint density at radius 1 is 0.615 bits per heavy atom. The predicted molar refractivity (Wildman–Crippen MR) is 108 cm³/mol. The molecule has 4 aromatic rings. The molecule has 0 amide bonds. The largest absolute Gasteiger partial charge is 0.481 e. The van der Waals surface area contributed by atoms with Gasteiger partial charge < -0.3 is 9.47 Å². The van der Waals surface area contributed by atoms with Crippen molar-refractivity contribution in [2.45, 2.75) is 9.79 Å². The van der Waals surface area contributed by atoms with E-state index < -0.39 is 0 Å². The van der Waals surface area contributed by atoms with Gasteiger partial charge in [-0.15, -0.1) is 0 Å². The second-order valence-electron chi connectivity index (χ2n) is 5.53. The van der Waals surface area contributed by atoms with Gasteiger partial charge in [-0.05, 0) is 24.3 Å². The van der Waals surface area contributed by atoms with Crippen LogP contribution in [0.1, 0.15) is 0 Å². The van der Waals surface area contributed by atoms with Crippen LogP contribution in [0.25, 0.3) is 21.8 Å². The molecule has 0 radical (unpaired) electrons. The van der Waals surface area contributed by atoms with Gasteiger partial charge in [0.2, 0.25) is 11.8 Å². The van der Waals surface area contributed by atoms with E-state index in [2.05, 4.69) is 34.2 Å². The number of benzene rings is 2. The zero-order valence-electron chi connectivity index (χ0n) is 14.3. The molecule has 6 heteroatoms. The summed E-state index contributed by atoms with van der Waals surface area (Å²) >= 11 is 0. The Balaban J connectivity index is 1.69. The van der Waals surface area contributed by atoms with Crippen LogP contribution in [0.4, 0.5) is 0 Å². The molecule has 0 aliphatic carbocycles. The van der Waals surface area contributed by atoms with E-state index in [1.54, 1.807) is 35.8 Å². The summed E-state index contributed by atoms with van der Waals surface area (Å²) in [4.78, 5) is 11.4. The summed E-state index contributed by atoms with van der Waals surface area (Å²) < 4.78 is 10.5. The second kappa shape index (κ2) is 7.43. The van der Waals surface area contributed by atoms with Crippen LogP contribution in [0.3, 0.4) is 0 Å². The predicted octanol–water partition coefficient (Wildman–Crippen LogP) is 5.60. The quantitative estimate of drug-likeness (QED) is 0.420. The Morgan fingerprint density at radius 2 is 1.08 bits per heavy atom. The number of fused-ring (bicyclic) bond motifs is 2. The molecule has 2 aromatic carbocycles. The third-order valence-corrected chi connectivity index (χ3v) is 6.38. The normalized spacial score (nSPS) is 11.0. The Hall–Kier alpha value is -2.44. The molecule has 0 unspecified atom stereocenters. The number of ether oxygens (including phenoxy) is 2. The third kappa shape index (κ3) is 3.30.